The lowest BCUT2D eigenvalue weighted by Gasteiger charge is -2.60. The second kappa shape index (κ2) is 7.17. The van der Waals surface area contributed by atoms with Gasteiger partial charge in [0.2, 0.25) is 0 Å². The first-order valence-electron chi connectivity index (χ1n) is 11.3. The number of aliphatic hydroxyl groups is 1. The van der Waals surface area contributed by atoms with Crippen LogP contribution >= 0.6 is 0 Å². The molecule has 0 aliphatic heterocycles. The van der Waals surface area contributed by atoms with E-state index in [1.807, 2.05) is 0 Å². The summed E-state index contributed by atoms with van der Waals surface area (Å²) in [7, 11) is 0. The fourth-order valence-electron chi connectivity index (χ4n) is 7.14. The van der Waals surface area contributed by atoms with Gasteiger partial charge in [-0.1, -0.05) is 26.2 Å². The van der Waals surface area contributed by atoms with Crippen LogP contribution in [0.2, 0.25) is 0 Å². The quantitative estimate of drug-likeness (QED) is 0.555. The van der Waals surface area contributed by atoms with Crippen molar-refractivity contribution in [3.63, 3.8) is 0 Å². The molecule has 152 valence electrons. The van der Waals surface area contributed by atoms with Crippen molar-refractivity contribution in [2.24, 2.45) is 35.0 Å². The van der Waals surface area contributed by atoms with Crippen molar-refractivity contribution in [2.45, 2.75) is 90.1 Å². The van der Waals surface area contributed by atoms with Crippen molar-refractivity contribution in [2.75, 3.05) is 6.61 Å². The lowest BCUT2D eigenvalue weighted by molar-refractivity contribution is -0.220. The second-order valence-electron chi connectivity index (χ2n) is 10.2. The fraction of sp³-hybridized carbons (Fsp3) is 0.913. The minimum atomic E-state index is -1.40. The molecule has 0 spiro atoms. The number of hydrogen-bond acceptors (Lipinski definition) is 4. The van der Waals surface area contributed by atoms with Crippen LogP contribution in [0.3, 0.4) is 0 Å². The number of rotatable bonds is 6. The Hall–Kier alpha value is -0.900. The van der Waals surface area contributed by atoms with Gasteiger partial charge in [-0.15, -0.1) is 0 Å². The van der Waals surface area contributed by atoms with Crippen LogP contribution in [0.25, 0.3) is 0 Å². The van der Waals surface area contributed by atoms with Gasteiger partial charge in [0.15, 0.2) is 5.78 Å². The van der Waals surface area contributed by atoms with Gasteiger partial charge in [-0.05, 0) is 82.0 Å². The maximum Gasteiger partial charge on any atom is 0.322 e. The van der Waals surface area contributed by atoms with Gasteiger partial charge >= 0.3 is 5.97 Å². The summed E-state index contributed by atoms with van der Waals surface area (Å²) in [4.78, 5) is 26.5. The highest BCUT2D eigenvalue weighted by Gasteiger charge is 2.60. The molecule has 5 saturated carbocycles. The maximum atomic E-state index is 13.3. The fourth-order valence-corrected chi connectivity index (χ4v) is 7.14. The molecule has 5 rings (SSSR count). The van der Waals surface area contributed by atoms with Gasteiger partial charge in [0.1, 0.15) is 11.0 Å². The number of Topliss-reactive ketones (excluding diaryl/α,β-unsaturated/α-hetero) is 1. The highest BCUT2D eigenvalue weighted by molar-refractivity contribution is 6.04. The zero-order valence-corrected chi connectivity index (χ0v) is 17.0. The molecule has 0 aromatic carbocycles. The van der Waals surface area contributed by atoms with Crippen molar-refractivity contribution in [1.82, 2.24) is 0 Å². The monoisotopic (exact) mass is 376 g/mol. The van der Waals surface area contributed by atoms with Gasteiger partial charge < -0.3 is 9.84 Å². The molecule has 0 saturated heterocycles. The van der Waals surface area contributed by atoms with Gasteiger partial charge in [-0.25, -0.2) is 0 Å². The number of esters is 1. The molecule has 1 unspecified atom stereocenters. The van der Waals surface area contributed by atoms with Crippen molar-refractivity contribution in [3.8, 4) is 0 Å². The van der Waals surface area contributed by atoms with Gasteiger partial charge in [0.05, 0.1) is 6.61 Å². The van der Waals surface area contributed by atoms with E-state index >= 15 is 0 Å². The molecule has 0 heterocycles. The van der Waals surface area contributed by atoms with Crippen LogP contribution in [-0.2, 0) is 14.3 Å². The number of carbonyl (C=O) groups is 2. The molecule has 0 aromatic rings. The molecule has 0 radical (unpaired) electrons. The zero-order chi connectivity index (χ0) is 19.2. The highest BCUT2D eigenvalue weighted by Crippen LogP contribution is 2.61. The van der Waals surface area contributed by atoms with Crippen LogP contribution in [0, 0.1) is 35.0 Å². The molecule has 0 aromatic heterocycles. The van der Waals surface area contributed by atoms with E-state index in [1.165, 1.54) is 32.1 Å². The van der Waals surface area contributed by atoms with E-state index in [1.54, 1.807) is 6.92 Å². The largest absolute Gasteiger partial charge is 0.458 e. The summed E-state index contributed by atoms with van der Waals surface area (Å²) in [6.45, 7) is 3.31. The number of ether oxygens (including phenoxy) is 1. The Bertz CT molecular complexity index is 563. The molecule has 5 aliphatic rings. The normalized spacial score (nSPS) is 40.6. The molecule has 1 atom stereocenters. The van der Waals surface area contributed by atoms with Gasteiger partial charge in [-0.2, -0.15) is 0 Å². The van der Waals surface area contributed by atoms with Crippen LogP contribution in [0.15, 0.2) is 0 Å². The molecule has 5 aliphatic carbocycles. The summed E-state index contributed by atoms with van der Waals surface area (Å²) in [5, 5.41) is 10.1. The third kappa shape index (κ3) is 3.07. The smallest absolute Gasteiger partial charge is 0.322 e. The molecule has 4 heteroatoms. The number of ketones is 1. The molecule has 4 nitrogen and oxygen atoms in total. The summed E-state index contributed by atoms with van der Waals surface area (Å²) >= 11 is 0. The zero-order valence-electron chi connectivity index (χ0n) is 17.0. The Kier molecular flexibility index (Phi) is 5.15. The van der Waals surface area contributed by atoms with Crippen LogP contribution in [0.1, 0.15) is 84.5 Å². The average Bonchev–Trinajstić information content (AvgIpc) is 2.69. The third-order valence-electron chi connectivity index (χ3n) is 8.64. The minimum absolute atomic E-state index is 0.0928. The predicted octanol–water partition coefficient (Wildman–Crippen LogP) is 4.28. The second-order valence-corrected chi connectivity index (χ2v) is 10.2. The standard InChI is InChI=1S/C23H36O4/c1-3-23(18-10-15-9-16(12-18)13-19(23)11-15)27-21(26)22(2,14-24)20(25)17-7-5-4-6-8-17/h15-19,24H,3-14H2,1-2H3. The molecule has 5 fully saturated rings. The van der Waals surface area contributed by atoms with Crippen LogP contribution < -0.4 is 0 Å². The van der Waals surface area contributed by atoms with Crippen LogP contribution in [0.5, 0.6) is 0 Å². The van der Waals surface area contributed by atoms with E-state index in [0.717, 1.165) is 50.4 Å². The van der Waals surface area contributed by atoms with E-state index in [9.17, 15) is 14.7 Å². The summed E-state index contributed by atoms with van der Waals surface area (Å²) in [5.74, 6) is 1.84. The molecular formula is C23H36O4. The summed E-state index contributed by atoms with van der Waals surface area (Å²) < 4.78 is 6.31. The Morgan fingerprint density at radius 2 is 1.56 bits per heavy atom. The minimum Gasteiger partial charge on any atom is -0.458 e. The Labute approximate surface area is 163 Å². The van der Waals surface area contributed by atoms with Crippen molar-refractivity contribution in [3.05, 3.63) is 0 Å². The lowest BCUT2D eigenvalue weighted by atomic mass is 9.49. The average molecular weight is 377 g/mol. The number of hydrogen-bond donors (Lipinski definition) is 1. The molecule has 0 amide bonds. The van der Waals surface area contributed by atoms with Crippen molar-refractivity contribution < 1.29 is 19.4 Å². The van der Waals surface area contributed by atoms with Gasteiger partial charge in [0, 0.05) is 5.92 Å². The lowest BCUT2D eigenvalue weighted by Crippen LogP contribution is -2.61. The first-order valence-corrected chi connectivity index (χ1v) is 11.3. The third-order valence-corrected chi connectivity index (χ3v) is 8.64. The van der Waals surface area contributed by atoms with E-state index in [4.69, 9.17) is 4.74 Å². The van der Waals surface area contributed by atoms with Crippen molar-refractivity contribution >= 4 is 11.8 Å². The van der Waals surface area contributed by atoms with Crippen LogP contribution in [-0.4, -0.2) is 29.1 Å². The highest BCUT2D eigenvalue weighted by atomic mass is 16.6. The Morgan fingerprint density at radius 1 is 1.00 bits per heavy atom. The number of carbonyl (C=O) groups excluding carboxylic acids is 2. The van der Waals surface area contributed by atoms with E-state index < -0.39 is 23.6 Å². The Balaban J connectivity index is 1.54. The first-order chi connectivity index (χ1) is 12.9. The van der Waals surface area contributed by atoms with E-state index in [-0.39, 0.29) is 11.7 Å². The summed E-state index contributed by atoms with van der Waals surface area (Å²) in [5.41, 5.74) is -1.81. The topological polar surface area (TPSA) is 63.6 Å². The molecular weight excluding hydrogens is 340 g/mol. The summed E-state index contributed by atoms with van der Waals surface area (Å²) in [6.07, 6.45) is 11.8. The van der Waals surface area contributed by atoms with Crippen LogP contribution in [0.4, 0.5) is 0 Å². The SMILES string of the molecule is CCC1(OC(=O)C(C)(CO)C(=O)C2CCCCC2)C2CC3CC(C2)CC1C3. The molecule has 27 heavy (non-hydrogen) atoms. The van der Waals surface area contributed by atoms with E-state index in [0.29, 0.717) is 11.8 Å². The number of aliphatic hydroxyl groups excluding tert-OH is 1. The van der Waals surface area contributed by atoms with E-state index in [2.05, 4.69) is 6.92 Å². The molecule has 4 bridgehead atoms. The van der Waals surface area contributed by atoms with Gasteiger partial charge in [-0.3, -0.25) is 9.59 Å². The van der Waals surface area contributed by atoms with Crippen molar-refractivity contribution in [1.29, 1.82) is 0 Å². The summed E-state index contributed by atoms with van der Waals surface area (Å²) in [6, 6.07) is 0. The predicted molar refractivity (Wildman–Crippen MR) is 103 cm³/mol. The maximum absolute atomic E-state index is 13.3. The first kappa shape index (κ1) is 19.4. The molecule has 1 N–H and O–H groups in total. The van der Waals surface area contributed by atoms with Gasteiger partial charge in [0.25, 0.3) is 0 Å². The Morgan fingerprint density at radius 3 is 2.04 bits per heavy atom.